The Bertz CT molecular complexity index is 684. The first kappa shape index (κ1) is 14.1. The highest BCUT2D eigenvalue weighted by atomic mass is 32.1. The van der Waals surface area contributed by atoms with E-state index in [-0.39, 0.29) is 0 Å². The van der Waals surface area contributed by atoms with Crippen molar-refractivity contribution in [2.75, 3.05) is 13.7 Å². The van der Waals surface area contributed by atoms with Gasteiger partial charge in [-0.25, -0.2) is 19.7 Å². The van der Waals surface area contributed by atoms with E-state index < -0.39 is 5.97 Å². The van der Waals surface area contributed by atoms with Crippen LogP contribution in [0.25, 0.3) is 0 Å². The predicted octanol–water partition coefficient (Wildman–Crippen LogP) is 1.26. The van der Waals surface area contributed by atoms with E-state index in [0.29, 0.717) is 24.5 Å². The molecule has 0 saturated carbocycles. The molecule has 0 aromatic carbocycles. The normalized spacial score (nSPS) is 13.8. The molecule has 0 atom stereocenters. The first-order valence-electron chi connectivity index (χ1n) is 6.76. The van der Waals surface area contributed by atoms with Gasteiger partial charge in [0.1, 0.15) is 5.82 Å². The van der Waals surface area contributed by atoms with Gasteiger partial charge in [0.15, 0.2) is 5.69 Å². The zero-order valence-corrected chi connectivity index (χ0v) is 12.8. The van der Waals surface area contributed by atoms with Gasteiger partial charge in [0.25, 0.3) is 0 Å². The number of hydrogen-bond donors (Lipinski definition) is 1. The van der Waals surface area contributed by atoms with Gasteiger partial charge in [0, 0.05) is 30.5 Å². The molecule has 3 rings (SSSR count). The molecule has 0 spiro atoms. The van der Waals surface area contributed by atoms with E-state index in [9.17, 15) is 4.79 Å². The molecule has 2 aromatic rings. The van der Waals surface area contributed by atoms with Gasteiger partial charge >= 0.3 is 5.97 Å². The second-order valence-electron chi connectivity index (χ2n) is 4.87. The third-order valence-electron chi connectivity index (χ3n) is 3.36. The Kier molecular flexibility index (Phi) is 3.94. The minimum Gasteiger partial charge on any atom is -0.464 e. The van der Waals surface area contributed by atoms with Crippen molar-refractivity contribution in [3.63, 3.8) is 0 Å². The van der Waals surface area contributed by atoms with Crippen molar-refractivity contribution in [3.8, 4) is 0 Å². The summed E-state index contributed by atoms with van der Waals surface area (Å²) in [4.78, 5) is 25.4. The van der Waals surface area contributed by atoms with Gasteiger partial charge in [-0.15, -0.1) is 11.3 Å². The molecule has 1 N–H and O–H groups in total. The zero-order valence-electron chi connectivity index (χ0n) is 12.0. The highest BCUT2D eigenvalue weighted by Gasteiger charge is 2.22. The number of methoxy groups -OCH3 is 1. The van der Waals surface area contributed by atoms with E-state index in [4.69, 9.17) is 4.74 Å². The summed E-state index contributed by atoms with van der Waals surface area (Å²) >= 11 is 1.60. The molecular weight excluding hydrogens is 288 g/mol. The number of nitrogens with zero attached hydrogens (tertiary/aromatic N) is 3. The molecule has 0 aliphatic carbocycles. The topological polar surface area (TPSA) is 77.0 Å². The van der Waals surface area contributed by atoms with Crippen LogP contribution in [0.4, 0.5) is 0 Å². The van der Waals surface area contributed by atoms with Gasteiger partial charge in [-0.3, -0.25) is 0 Å². The highest BCUT2D eigenvalue weighted by Crippen LogP contribution is 2.18. The number of esters is 1. The van der Waals surface area contributed by atoms with Gasteiger partial charge in [0.05, 0.1) is 29.9 Å². The molecule has 0 amide bonds. The van der Waals surface area contributed by atoms with Crippen LogP contribution in [0.1, 0.15) is 38.3 Å². The molecule has 1 aliphatic heterocycles. The summed E-state index contributed by atoms with van der Waals surface area (Å²) in [5, 5.41) is 6.25. The fourth-order valence-electron chi connectivity index (χ4n) is 2.39. The maximum Gasteiger partial charge on any atom is 0.357 e. The van der Waals surface area contributed by atoms with Crippen LogP contribution in [0.3, 0.4) is 0 Å². The SMILES string of the molecule is COC(=O)c1nc(Cc2csc(C)n2)nc2c1CNCC2. The third kappa shape index (κ3) is 2.93. The number of carbonyl (C=O) groups excluding carboxylic acids is 1. The lowest BCUT2D eigenvalue weighted by Gasteiger charge is -2.18. The average Bonchev–Trinajstić information content (AvgIpc) is 2.90. The van der Waals surface area contributed by atoms with Crippen molar-refractivity contribution in [2.24, 2.45) is 0 Å². The van der Waals surface area contributed by atoms with Crippen molar-refractivity contribution in [3.05, 3.63) is 38.9 Å². The van der Waals surface area contributed by atoms with Crippen LogP contribution in [-0.4, -0.2) is 34.6 Å². The van der Waals surface area contributed by atoms with Crippen LogP contribution in [0.2, 0.25) is 0 Å². The largest absolute Gasteiger partial charge is 0.464 e. The first-order valence-corrected chi connectivity index (χ1v) is 7.64. The standard InChI is InChI=1S/C14H16N4O2S/c1-8-16-9(7-21-8)5-12-17-11-3-4-15-6-10(11)13(18-12)14(19)20-2/h7,15H,3-6H2,1-2H3. The van der Waals surface area contributed by atoms with Crippen LogP contribution < -0.4 is 5.32 Å². The summed E-state index contributed by atoms with van der Waals surface area (Å²) in [5.41, 5.74) is 3.09. The van der Waals surface area contributed by atoms with Crippen LogP contribution in [0.5, 0.6) is 0 Å². The second-order valence-corrected chi connectivity index (χ2v) is 5.93. The van der Waals surface area contributed by atoms with E-state index in [1.807, 2.05) is 12.3 Å². The lowest BCUT2D eigenvalue weighted by molar-refractivity contribution is 0.0591. The molecule has 0 fully saturated rings. The molecule has 0 radical (unpaired) electrons. The van der Waals surface area contributed by atoms with Crippen LogP contribution in [0.15, 0.2) is 5.38 Å². The summed E-state index contributed by atoms with van der Waals surface area (Å²) in [5.74, 6) is 0.217. The van der Waals surface area contributed by atoms with E-state index in [1.54, 1.807) is 11.3 Å². The quantitative estimate of drug-likeness (QED) is 0.860. The molecule has 0 unspecified atom stereocenters. The maximum absolute atomic E-state index is 11.9. The summed E-state index contributed by atoms with van der Waals surface area (Å²) in [6, 6.07) is 0. The summed E-state index contributed by atoms with van der Waals surface area (Å²) in [7, 11) is 1.37. The number of aromatic nitrogens is 3. The fourth-order valence-corrected chi connectivity index (χ4v) is 3.00. The number of hydrogen-bond acceptors (Lipinski definition) is 7. The Labute approximate surface area is 126 Å². The molecule has 3 heterocycles. The summed E-state index contributed by atoms with van der Waals surface area (Å²) < 4.78 is 4.84. The van der Waals surface area contributed by atoms with E-state index >= 15 is 0 Å². The Balaban J connectivity index is 1.99. The minimum atomic E-state index is -0.409. The number of rotatable bonds is 3. The van der Waals surface area contributed by atoms with Crippen molar-refractivity contribution in [1.29, 1.82) is 0 Å². The molecule has 0 bridgehead atoms. The zero-order chi connectivity index (χ0) is 14.8. The smallest absolute Gasteiger partial charge is 0.357 e. The summed E-state index contributed by atoms with van der Waals surface area (Å²) in [6.45, 7) is 3.43. The Hall–Kier alpha value is -1.86. The number of thiazole rings is 1. The molecule has 6 nitrogen and oxygen atoms in total. The molecular formula is C14H16N4O2S. The van der Waals surface area contributed by atoms with Crippen LogP contribution in [-0.2, 0) is 24.1 Å². The Morgan fingerprint density at radius 2 is 2.29 bits per heavy atom. The molecule has 21 heavy (non-hydrogen) atoms. The minimum absolute atomic E-state index is 0.372. The number of ether oxygens (including phenoxy) is 1. The number of carbonyl (C=O) groups is 1. The van der Waals surface area contributed by atoms with Crippen molar-refractivity contribution in [1.82, 2.24) is 20.3 Å². The van der Waals surface area contributed by atoms with Crippen molar-refractivity contribution >= 4 is 17.3 Å². The summed E-state index contributed by atoms with van der Waals surface area (Å²) in [6.07, 6.45) is 1.33. The monoisotopic (exact) mass is 304 g/mol. The van der Waals surface area contributed by atoms with Crippen LogP contribution in [0, 0.1) is 6.92 Å². The van der Waals surface area contributed by atoms with Crippen molar-refractivity contribution in [2.45, 2.75) is 26.3 Å². The number of fused-ring (bicyclic) bond motifs is 1. The lowest BCUT2D eigenvalue weighted by Crippen LogP contribution is -2.28. The Morgan fingerprint density at radius 1 is 1.43 bits per heavy atom. The van der Waals surface area contributed by atoms with E-state index in [2.05, 4.69) is 20.3 Å². The van der Waals surface area contributed by atoms with Crippen LogP contribution >= 0.6 is 11.3 Å². The predicted molar refractivity (Wildman–Crippen MR) is 78.4 cm³/mol. The van der Waals surface area contributed by atoms with Gasteiger partial charge in [-0.05, 0) is 6.92 Å². The van der Waals surface area contributed by atoms with Gasteiger partial charge in [-0.2, -0.15) is 0 Å². The average molecular weight is 304 g/mol. The maximum atomic E-state index is 11.9. The molecule has 2 aromatic heterocycles. The van der Waals surface area contributed by atoms with E-state index in [0.717, 1.165) is 34.9 Å². The Morgan fingerprint density at radius 3 is 3.00 bits per heavy atom. The molecule has 7 heteroatoms. The van der Waals surface area contributed by atoms with Gasteiger partial charge in [0.2, 0.25) is 0 Å². The number of aryl methyl sites for hydroxylation is 1. The molecule has 1 aliphatic rings. The molecule has 110 valence electrons. The first-order chi connectivity index (χ1) is 10.2. The lowest BCUT2D eigenvalue weighted by atomic mass is 10.0. The van der Waals surface area contributed by atoms with Gasteiger partial charge in [-0.1, -0.05) is 0 Å². The second kappa shape index (κ2) is 5.87. The van der Waals surface area contributed by atoms with Crippen molar-refractivity contribution < 1.29 is 9.53 Å². The van der Waals surface area contributed by atoms with Gasteiger partial charge < -0.3 is 10.1 Å². The van der Waals surface area contributed by atoms with E-state index in [1.165, 1.54) is 7.11 Å². The number of nitrogens with one attached hydrogen (secondary N) is 1. The fraction of sp³-hybridized carbons (Fsp3) is 0.429. The third-order valence-corrected chi connectivity index (χ3v) is 4.19. The highest BCUT2D eigenvalue weighted by molar-refractivity contribution is 7.09. The molecule has 0 saturated heterocycles.